The molecule has 0 aromatic rings. The van der Waals surface area contributed by atoms with Crippen LogP contribution < -0.4 is 5.73 Å². The van der Waals surface area contributed by atoms with Gasteiger partial charge in [-0.25, -0.2) is 0 Å². The van der Waals surface area contributed by atoms with Gasteiger partial charge in [0.05, 0.1) is 0 Å². The first-order valence-corrected chi connectivity index (χ1v) is 6.74. The lowest BCUT2D eigenvalue weighted by atomic mass is 9.99. The molecule has 0 spiro atoms. The predicted molar refractivity (Wildman–Crippen MR) is 70.6 cm³/mol. The molecule has 1 saturated heterocycles. The zero-order valence-electron chi connectivity index (χ0n) is 11.4. The van der Waals surface area contributed by atoms with E-state index in [1.165, 1.54) is 32.5 Å². The van der Waals surface area contributed by atoms with Gasteiger partial charge in [0.2, 0.25) is 0 Å². The average molecular weight is 227 g/mol. The Labute approximate surface area is 101 Å². The van der Waals surface area contributed by atoms with Crippen LogP contribution in [0, 0.1) is 5.92 Å². The maximum absolute atomic E-state index is 5.80. The summed E-state index contributed by atoms with van der Waals surface area (Å²) in [5.41, 5.74) is 5.80. The van der Waals surface area contributed by atoms with E-state index < -0.39 is 0 Å². The van der Waals surface area contributed by atoms with Gasteiger partial charge in [-0.3, -0.25) is 4.90 Å². The van der Waals surface area contributed by atoms with Crippen molar-refractivity contribution >= 4 is 0 Å². The van der Waals surface area contributed by atoms with Crippen LogP contribution in [0.3, 0.4) is 0 Å². The second-order valence-electron chi connectivity index (χ2n) is 5.37. The highest BCUT2D eigenvalue weighted by Gasteiger charge is 2.27. The predicted octanol–water partition coefficient (Wildman–Crippen LogP) is 1.39. The Morgan fingerprint density at radius 1 is 1.31 bits per heavy atom. The summed E-state index contributed by atoms with van der Waals surface area (Å²) in [7, 11) is 2.24. The van der Waals surface area contributed by atoms with Gasteiger partial charge in [0.25, 0.3) is 0 Å². The van der Waals surface area contributed by atoms with Crippen LogP contribution in [0.15, 0.2) is 0 Å². The molecule has 0 amide bonds. The number of hydrogen-bond acceptors (Lipinski definition) is 3. The van der Waals surface area contributed by atoms with Crippen molar-refractivity contribution in [1.82, 2.24) is 9.80 Å². The Morgan fingerprint density at radius 2 is 2.00 bits per heavy atom. The van der Waals surface area contributed by atoms with Crippen molar-refractivity contribution in [3.8, 4) is 0 Å². The second kappa shape index (κ2) is 6.58. The zero-order chi connectivity index (χ0) is 12.1. The van der Waals surface area contributed by atoms with E-state index in [2.05, 4.69) is 37.6 Å². The van der Waals surface area contributed by atoms with Gasteiger partial charge in [0.1, 0.15) is 0 Å². The Morgan fingerprint density at radius 3 is 2.56 bits per heavy atom. The van der Waals surface area contributed by atoms with Crippen LogP contribution in [0.1, 0.15) is 33.6 Å². The number of rotatable bonds is 4. The lowest BCUT2D eigenvalue weighted by Crippen LogP contribution is -2.48. The fraction of sp³-hybridized carbons (Fsp3) is 1.00. The average Bonchev–Trinajstić information content (AvgIpc) is 2.48. The summed E-state index contributed by atoms with van der Waals surface area (Å²) in [6, 6.07) is 1.32. The van der Waals surface area contributed by atoms with Crippen molar-refractivity contribution in [2.75, 3.05) is 33.2 Å². The van der Waals surface area contributed by atoms with Gasteiger partial charge in [0.15, 0.2) is 0 Å². The van der Waals surface area contributed by atoms with E-state index in [9.17, 15) is 0 Å². The number of nitrogens with two attached hydrogens (primary N) is 1. The van der Waals surface area contributed by atoms with Gasteiger partial charge in [-0.05, 0) is 52.4 Å². The van der Waals surface area contributed by atoms with Gasteiger partial charge in [-0.1, -0.05) is 13.8 Å². The Balaban J connectivity index is 2.66. The summed E-state index contributed by atoms with van der Waals surface area (Å²) in [5, 5.41) is 0. The topological polar surface area (TPSA) is 32.5 Å². The normalized spacial score (nSPS) is 28.7. The molecule has 0 radical (unpaired) electrons. The van der Waals surface area contributed by atoms with Crippen LogP contribution in [0.5, 0.6) is 0 Å². The molecule has 3 atom stereocenters. The van der Waals surface area contributed by atoms with Crippen molar-refractivity contribution in [1.29, 1.82) is 0 Å². The molecule has 3 nitrogen and oxygen atoms in total. The Bertz CT molecular complexity index is 196. The molecule has 0 aromatic heterocycles. The van der Waals surface area contributed by atoms with Crippen molar-refractivity contribution < 1.29 is 0 Å². The van der Waals surface area contributed by atoms with Crippen LogP contribution in [0.2, 0.25) is 0 Å². The summed E-state index contributed by atoms with van der Waals surface area (Å²) in [4.78, 5) is 5.15. The molecule has 1 heterocycles. The van der Waals surface area contributed by atoms with Gasteiger partial charge in [-0.2, -0.15) is 0 Å². The van der Waals surface area contributed by atoms with E-state index in [-0.39, 0.29) is 0 Å². The maximum atomic E-state index is 5.80. The van der Waals surface area contributed by atoms with E-state index in [1.54, 1.807) is 0 Å². The largest absolute Gasteiger partial charge is 0.330 e. The summed E-state index contributed by atoms with van der Waals surface area (Å²) in [6.45, 7) is 11.4. The summed E-state index contributed by atoms with van der Waals surface area (Å²) in [6.07, 6.45) is 2.53. The molecule has 0 saturated carbocycles. The van der Waals surface area contributed by atoms with Gasteiger partial charge in [0, 0.05) is 18.6 Å². The molecule has 1 fully saturated rings. The van der Waals surface area contributed by atoms with E-state index in [4.69, 9.17) is 5.73 Å². The highest BCUT2D eigenvalue weighted by molar-refractivity contribution is 4.83. The summed E-state index contributed by atoms with van der Waals surface area (Å²) < 4.78 is 0. The minimum Gasteiger partial charge on any atom is -0.330 e. The molecule has 3 unspecified atom stereocenters. The molecule has 16 heavy (non-hydrogen) atoms. The van der Waals surface area contributed by atoms with E-state index in [0.717, 1.165) is 6.54 Å². The maximum Gasteiger partial charge on any atom is 0.0223 e. The molecule has 1 rings (SSSR count). The summed E-state index contributed by atoms with van der Waals surface area (Å²) >= 11 is 0. The molecule has 1 aliphatic heterocycles. The third-order valence-corrected chi connectivity index (χ3v) is 4.14. The van der Waals surface area contributed by atoms with Crippen LogP contribution in [0.25, 0.3) is 0 Å². The first-order chi connectivity index (χ1) is 7.60. The molecule has 0 aromatic carbocycles. The van der Waals surface area contributed by atoms with E-state index in [0.29, 0.717) is 18.0 Å². The third kappa shape index (κ3) is 3.44. The van der Waals surface area contributed by atoms with Crippen molar-refractivity contribution in [2.45, 2.75) is 45.7 Å². The van der Waals surface area contributed by atoms with Crippen LogP contribution >= 0.6 is 0 Å². The van der Waals surface area contributed by atoms with Crippen LogP contribution in [0.4, 0.5) is 0 Å². The number of likely N-dealkylation sites (N-methyl/N-ethyl adjacent to an activating group) is 1. The lowest BCUT2D eigenvalue weighted by molar-refractivity contribution is 0.106. The standard InChI is InChI=1S/C13H29N3/c1-5-13-10-15(4)7-6-8-16(13)12(3)11(2)9-14/h11-13H,5-10,14H2,1-4H3. The van der Waals surface area contributed by atoms with E-state index in [1.807, 2.05) is 0 Å². The second-order valence-corrected chi connectivity index (χ2v) is 5.37. The summed E-state index contributed by atoms with van der Waals surface area (Å²) in [5.74, 6) is 0.595. The fourth-order valence-electron chi connectivity index (χ4n) is 2.69. The highest BCUT2D eigenvalue weighted by atomic mass is 15.2. The highest BCUT2D eigenvalue weighted by Crippen LogP contribution is 2.19. The van der Waals surface area contributed by atoms with Gasteiger partial charge < -0.3 is 10.6 Å². The van der Waals surface area contributed by atoms with Crippen LogP contribution in [-0.2, 0) is 0 Å². The van der Waals surface area contributed by atoms with Crippen LogP contribution in [-0.4, -0.2) is 55.1 Å². The SMILES string of the molecule is CCC1CN(C)CCCN1C(C)C(C)CN. The smallest absolute Gasteiger partial charge is 0.0223 e. The van der Waals surface area contributed by atoms with E-state index >= 15 is 0 Å². The minimum atomic E-state index is 0.595. The third-order valence-electron chi connectivity index (χ3n) is 4.14. The number of nitrogens with zero attached hydrogens (tertiary/aromatic N) is 2. The Kier molecular flexibility index (Phi) is 5.73. The monoisotopic (exact) mass is 227 g/mol. The molecular formula is C13H29N3. The van der Waals surface area contributed by atoms with Crippen molar-refractivity contribution in [2.24, 2.45) is 11.7 Å². The first-order valence-electron chi connectivity index (χ1n) is 6.74. The van der Waals surface area contributed by atoms with Gasteiger partial charge >= 0.3 is 0 Å². The number of hydrogen-bond donors (Lipinski definition) is 1. The van der Waals surface area contributed by atoms with Crippen molar-refractivity contribution in [3.63, 3.8) is 0 Å². The lowest BCUT2D eigenvalue weighted by Gasteiger charge is -2.38. The minimum absolute atomic E-state index is 0.595. The molecule has 0 aliphatic carbocycles. The van der Waals surface area contributed by atoms with Gasteiger partial charge in [-0.15, -0.1) is 0 Å². The molecule has 2 N–H and O–H groups in total. The molecule has 3 heteroatoms. The molecule has 1 aliphatic rings. The fourth-order valence-corrected chi connectivity index (χ4v) is 2.69. The molecule has 0 bridgehead atoms. The Hall–Kier alpha value is -0.120. The quantitative estimate of drug-likeness (QED) is 0.788. The molecule has 96 valence electrons. The van der Waals surface area contributed by atoms with Crippen molar-refractivity contribution in [3.05, 3.63) is 0 Å². The first kappa shape index (κ1) is 13.9. The zero-order valence-corrected chi connectivity index (χ0v) is 11.4. The molecular weight excluding hydrogens is 198 g/mol.